The Balaban J connectivity index is 2.99. The van der Waals surface area contributed by atoms with Crippen LogP contribution in [0.15, 0.2) is 24.3 Å². The Morgan fingerprint density at radius 3 is 2.62 bits per heavy atom. The summed E-state index contributed by atoms with van der Waals surface area (Å²) in [5.74, 6) is 5.64. The predicted molar refractivity (Wildman–Crippen MR) is 93.2 cm³/mol. The lowest BCUT2D eigenvalue weighted by Crippen LogP contribution is -2.39. The monoisotopic (exact) mass is 404 g/mol. The predicted octanol–water partition coefficient (Wildman–Crippen LogP) is 3.21. The third kappa shape index (κ3) is 5.55. The van der Waals surface area contributed by atoms with E-state index >= 15 is 0 Å². The summed E-state index contributed by atoms with van der Waals surface area (Å²) < 4.78 is 6.22. The first-order valence-corrected chi connectivity index (χ1v) is 7.61. The fraction of sp³-hybridized carbons (Fsp3) is 0.400. The van der Waals surface area contributed by atoms with Crippen molar-refractivity contribution in [1.82, 2.24) is 0 Å². The number of ether oxygens (including phenoxy) is 1. The van der Waals surface area contributed by atoms with Gasteiger partial charge in [-0.05, 0) is 62.4 Å². The Labute approximate surface area is 138 Å². The average molecular weight is 404 g/mol. The van der Waals surface area contributed by atoms with Crippen molar-refractivity contribution in [1.29, 1.82) is 0 Å². The smallest absolute Gasteiger partial charge is 0.327 e. The maximum absolute atomic E-state index is 11.9. The maximum atomic E-state index is 11.9. The second kappa shape index (κ2) is 7.13. The molecule has 0 fully saturated rings. The molecule has 21 heavy (non-hydrogen) atoms. The molecule has 0 aliphatic carbocycles. The number of allylic oxidation sites excluding steroid dienone is 1. The van der Waals surface area contributed by atoms with Crippen molar-refractivity contribution in [3.63, 3.8) is 0 Å². The van der Waals surface area contributed by atoms with Crippen LogP contribution in [0.2, 0.25) is 0 Å². The number of phenolic OH excluding ortho intramolecular Hbond substituents is 1. The van der Waals surface area contributed by atoms with Gasteiger partial charge in [0.2, 0.25) is 0 Å². The van der Waals surface area contributed by atoms with Crippen LogP contribution in [0.25, 0.3) is 3.58 Å². The first kappa shape index (κ1) is 17.8. The van der Waals surface area contributed by atoms with E-state index in [0.29, 0.717) is 5.69 Å². The third-order valence-electron chi connectivity index (χ3n) is 2.52. The second-order valence-corrected chi connectivity index (χ2v) is 6.71. The van der Waals surface area contributed by atoms with Crippen LogP contribution in [-0.4, -0.2) is 23.2 Å². The van der Waals surface area contributed by atoms with Gasteiger partial charge in [-0.3, -0.25) is 9.80 Å². The number of hydrazine groups is 1. The molecule has 3 N–H and O–H groups in total. The van der Waals surface area contributed by atoms with Crippen molar-refractivity contribution in [2.75, 3.05) is 11.6 Å². The molecule has 0 saturated heterocycles. The van der Waals surface area contributed by atoms with E-state index in [-0.39, 0.29) is 12.3 Å². The molecule has 6 heteroatoms. The lowest BCUT2D eigenvalue weighted by molar-refractivity contribution is -0.153. The van der Waals surface area contributed by atoms with E-state index in [1.54, 1.807) is 32.9 Å². The topological polar surface area (TPSA) is 75.8 Å². The van der Waals surface area contributed by atoms with Gasteiger partial charge >= 0.3 is 5.97 Å². The Kier molecular flexibility index (Phi) is 6.03. The molecule has 0 aliphatic rings. The Bertz CT molecular complexity index is 550. The highest BCUT2D eigenvalue weighted by Crippen LogP contribution is 2.33. The number of nitrogens with zero attached hydrogens (tertiary/aromatic N) is 1. The number of rotatable bonds is 4. The fourth-order valence-electron chi connectivity index (χ4n) is 1.71. The average Bonchev–Trinajstić information content (AvgIpc) is 2.35. The molecule has 1 rings (SSSR count). The van der Waals surface area contributed by atoms with E-state index < -0.39 is 11.6 Å². The first-order valence-electron chi connectivity index (χ1n) is 6.53. The van der Waals surface area contributed by atoms with Gasteiger partial charge in [0.15, 0.2) is 0 Å². The maximum Gasteiger partial charge on any atom is 0.327 e. The quantitative estimate of drug-likeness (QED) is 0.349. The zero-order valence-corrected chi connectivity index (χ0v) is 14.8. The highest BCUT2D eigenvalue weighted by Gasteiger charge is 2.20. The van der Waals surface area contributed by atoms with Gasteiger partial charge in [-0.2, -0.15) is 0 Å². The minimum atomic E-state index is -0.558. The Morgan fingerprint density at radius 2 is 2.10 bits per heavy atom. The van der Waals surface area contributed by atoms with Gasteiger partial charge in [0, 0.05) is 15.2 Å². The molecule has 5 nitrogen and oxygen atoms in total. The normalized spacial score (nSPS) is 12.2. The molecule has 0 saturated carbocycles. The van der Waals surface area contributed by atoms with Crippen LogP contribution in [0, 0.1) is 0 Å². The molecular weight excluding hydrogens is 383 g/mol. The molecule has 1 aromatic carbocycles. The van der Waals surface area contributed by atoms with Crippen LogP contribution in [-0.2, 0) is 9.53 Å². The summed E-state index contributed by atoms with van der Waals surface area (Å²) in [6.45, 7) is 7.21. The van der Waals surface area contributed by atoms with Crippen molar-refractivity contribution >= 4 is 37.8 Å². The largest absolute Gasteiger partial charge is 0.508 e. The molecule has 116 valence electrons. The number of carbonyl (C=O) groups excluding carboxylic acids is 1. The third-order valence-corrected chi connectivity index (χ3v) is 3.72. The summed E-state index contributed by atoms with van der Waals surface area (Å²) >= 11 is 2.18. The van der Waals surface area contributed by atoms with Crippen LogP contribution in [0.4, 0.5) is 5.69 Å². The number of aromatic hydroxyl groups is 1. The Hall–Kier alpha value is -1.28. The van der Waals surface area contributed by atoms with E-state index in [9.17, 15) is 9.90 Å². The van der Waals surface area contributed by atoms with Crippen LogP contribution < -0.4 is 10.9 Å². The molecule has 0 aliphatic heterocycles. The molecule has 1 aromatic rings. The standard InChI is InChI=1S/C15H21IN2O3/c1-5-12(16)11-7-6-10(19)8-13(11)18(17)9-14(20)21-15(2,3)4/h5-8,19H,9,17H2,1-4H3/b12-5+. The number of carbonyl (C=O) groups is 1. The first-order chi connectivity index (χ1) is 9.64. The van der Waals surface area contributed by atoms with E-state index in [1.165, 1.54) is 11.1 Å². The fourth-order valence-corrected chi connectivity index (χ4v) is 2.17. The van der Waals surface area contributed by atoms with Crippen molar-refractivity contribution in [3.05, 3.63) is 29.8 Å². The minimum Gasteiger partial charge on any atom is -0.508 e. The van der Waals surface area contributed by atoms with Gasteiger partial charge in [0.05, 0.1) is 5.69 Å². The van der Waals surface area contributed by atoms with Gasteiger partial charge in [-0.15, -0.1) is 0 Å². The number of halogens is 1. The molecule has 0 amide bonds. The molecule has 0 aromatic heterocycles. The molecule has 0 unspecified atom stereocenters. The number of nitrogens with two attached hydrogens (primary N) is 1. The van der Waals surface area contributed by atoms with E-state index in [4.69, 9.17) is 10.6 Å². The SMILES string of the molecule is C/C=C(/I)c1ccc(O)cc1N(N)CC(=O)OC(C)(C)C. The number of hydrogen-bond acceptors (Lipinski definition) is 5. The van der Waals surface area contributed by atoms with E-state index in [2.05, 4.69) is 22.6 Å². The van der Waals surface area contributed by atoms with E-state index in [0.717, 1.165) is 9.14 Å². The van der Waals surface area contributed by atoms with Crippen molar-refractivity contribution in [2.24, 2.45) is 5.84 Å². The number of esters is 1. The summed E-state index contributed by atoms with van der Waals surface area (Å²) in [5.41, 5.74) is 0.863. The van der Waals surface area contributed by atoms with Crippen LogP contribution in [0.1, 0.15) is 33.3 Å². The molecule has 0 radical (unpaired) electrons. The van der Waals surface area contributed by atoms with E-state index in [1.807, 2.05) is 13.0 Å². The number of anilines is 1. The molecule has 0 spiro atoms. The number of benzene rings is 1. The van der Waals surface area contributed by atoms with Crippen molar-refractivity contribution in [3.8, 4) is 5.75 Å². The second-order valence-electron chi connectivity index (χ2n) is 5.55. The van der Waals surface area contributed by atoms with Gasteiger partial charge in [0.1, 0.15) is 17.9 Å². The molecular formula is C15H21IN2O3. The number of phenols is 1. The van der Waals surface area contributed by atoms with Crippen LogP contribution in [0.3, 0.4) is 0 Å². The molecule has 0 atom stereocenters. The summed E-state index contributed by atoms with van der Waals surface area (Å²) in [6.07, 6.45) is 1.93. The van der Waals surface area contributed by atoms with Gasteiger partial charge in [-0.25, -0.2) is 5.84 Å². The lowest BCUT2D eigenvalue weighted by atomic mass is 10.1. The lowest BCUT2D eigenvalue weighted by Gasteiger charge is -2.24. The van der Waals surface area contributed by atoms with Gasteiger partial charge in [-0.1, -0.05) is 6.08 Å². The van der Waals surface area contributed by atoms with Crippen molar-refractivity contribution in [2.45, 2.75) is 33.3 Å². The zero-order valence-electron chi connectivity index (χ0n) is 12.7. The summed E-state index contributed by atoms with van der Waals surface area (Å²) in [7, 11) is 0. The number of hydrogen-bond donors (Lipinski definition) is 2. The van der Waals surface area contributed by atoms with Gasteiger partial charge < -0.3 is 9.84 Å². The summed E-state index contributed by atoms with van der Waals surface area (Å²) in [5, 5.41) is 10.9. The van der Waals surface area contributed by atoms with Crippen LogP contribution >= 0.6 is 22.6 Å². The summed E-state index contributed by atoms with van der Waals surface area (Å²) in [4.78, 5) is 11.9. The summed E-state index contributed by atoms with van der Waals surface area (Å²) in [6, 6.07) is 4.88. The molecule has 0 bridgehead atoms. The highest BCUT2D eigenvalue weighted by molar-refractivity contribution is 14.1. The Morgan fingerprint density at radius 1 is 1.48 bits per heavy atom. The molecule has 0 heterocycles. The zero-order chi connectivity index (χ0) is 16.2. The van der Waals surface area contributed by atoms with Crippen molar-refractivity contribution < 1.29 is 14.6 Å². The van der Waals surface area contributed by atoms with Crippen LogP contribution in [0.5, 0.6) is 5.75 Å². The van der Waals surface area contributed by atoms with Gasteiger partial charge in [0.25, 0.3) is 0 Å². The minimum absolute atomic E-state index is 0.0914. The highest BCUT2D eigenvalue weighted by atomic mass is 127.